The van der Waals surface area contributed by atoms with E-state index in [1.807, 2.05) is 36.5 Å². The highest BCUT2D eigenvalue weighted by atomic mass is 16.4. The summed E-state index contributed by atoms with van der Waals surface area (Å²) < 4.78 is 0. The van der Waals surface area contributed by atoms with Crippen molar-refractivity contribution >= 4 is 17.5 Å². The number of aromatic carboxylic acids is 1. The molecule has 0 amide bonds. The number of hydrogen-bond acceptors (Lipinski definition) is 4. The van der Waals surface area contributed by atoms with Gasteiger partial charge in [0.15, 0.2) is 5.82 Å². The highest BCUT2D eigenvalue weighted by Gasteiger charge is 2.41. The van der Waals surface area contributed by atoms with Crippen molar-refractivity contribution in [2.24, 2.45) is 5.92 Å². The van der Waals surface area contributed by atoms with Crippen LogP contribution in [0.1, 0.15) is 34.3 Å². The van der Waals surface area contributed by atoms with E-state index in [0.29, 0.717) is 17.6 Å². The van der Waals surface area contributed by atoms with Gasteiger partial charge in [0.25, 0.3) is 0 Å². The summed E-state index contributed by atoms with van der Waals surface area (Å²) in [6.45, 7) is 2.90. The first-order chi connectivity index (χ1) is 14.1. The van der Waals surface area contributed by atoms with Gasteiger partial charge in [-0.1, -0.05) is 42.5 Å². The monoisotopic (exact) mass is 385 g/mol. The van der Waals surface area contributed by atoms with E-state index in [9.17, 15) is 9.90 Å². The Kier molecular flexibility index (Phi) is 4.23. The van der Waals surface area contributed by atoms with E-state index < -0.39 is 5.97 Å². The van der Waals surface area contributed by atoms with E-state index >= 15 is 0 Å². The van der Waals surface area contributed by atoms with Crippen LogP contribution in [0.2, 0.25) is 0 Å². The van der Waals surface area contributed by atoms with Crippen molar-refractivity contribution < 1.29 is 9.90 Å². The van der Waals surface area contributed by atoms with Gasteiger partial charge in [-0.2, -0.15) is 0 Å². The summed E-state index contributed by atoms with van der Waals surface area (Å²) in [5.41, 5.74) is 5.55. The fourth-order valence-electron chi connectivity index (χ4n) is 4.16. The summed E-state index contributed by atoms with van der Waals surface area (Å²) in [4.78, 5) is 18.5. The number of nitrogens with zero attached hydrogens (tertiary/aromatic N) is 2. The van der Waals surface area contributed by atoms with Crippen molar-refractivity contribution in [3.63, 3.8) is 0 Å². The Morgan fingerprint density at radius 2 is 1.90 bits per heavy atom. The molecular weight excluding hydrogens is 362 g/mol. The number of fused-ring (bicyclic) bond motifs is 1. The standard InChI is InChI=1S/C24H23N3O2/c1-15-12-13-25-23-21(15)26-22(18-10-11-18)27(23)14-16-6-8-17(9-7-16)19-4-2-3-5-20(19)24(28)29/h2-9,12-13,18,22,26H,10-11,14H2,1H3,(H,28,29). The lowest BCUT2D eigenvalue weighted by Crippen LogP contribution is -2.37. The van der Waals surface area contributed by atoms with Crippen molar-refractivity contribution in [3.05, 3.63) is 77.5 Å². The summed E-state index contributed by atoms with van der Waals surface area (Å²) in [5.74, 6) is 0.797. The molecule has 0 spiro atoms. The Balaban J connectivity index is 1.43. The maximum Gasteiger partial charge on any atom is 0.336 e. The van der Waals surface area contributed by atoms with Gasteiger partial charge in [-0.15, -0.1) is 0 Å². The zero-order valence-electron chi connectivity index (χ0n) is 16.3. The van der Waals surface area contributed by atoms with E-state index in [1.54, 1.807) is 12.1 Å². The second-order valence-corrected chi connectivity index (χ2v) is 7.93. The Hall–Kier alpha value is -3.34. The summed E-state index contributed by atoms with van der Waals surface area (Å²) in [7, 11) is 0. The van der Waals surface area contributed by atoms with Crippen LogP contribution in [0.15, 0.2) is 60.8 Å². The van der Waals surface area contributed by atoms with Crippen LogP contribution in [0.5, 0.6) is 0 Å². The fourth-order valence-corrected chi connectivity index (χ4v) is 4.16. The third kappa shape index (κ3) is 3.23. The van der Waals surface area contributed by atoms with Gasteiger partial charge in [-0.3, -0.25) is 0 Å². The van der Waals surface area contributed by atoms with Crippen molar-refractivity contribution in [3.8, 4) is 11.1 Å². The normalized spacial score (nSPS) is 17.7. The van der Waals surface area contributed by atoms with Crippen molar-refractivity contribution in [2.75, 3.05) is 10.2 Å². The topological polar surface area (TPSA) is 65.5 Å². The Bertz CT molecular complexity index is 1070. The van der Waals surface area contributed by atoms with Crippen LogP contribution < -0.4 is 10.2 Å². The van der Waals surface area contributed by atoms with Crippen LogP contribution in [-0.4, -0.2) is 22.2 Å². The zero-order valence-corrected chi connectivity index (χ0v) is 16.3. The van der Waals surface area contributed by atoms with Gasteiger partial charge in [0.05, 0.1) is 11.3 Å². The highest BCUT2D eigenvalue weighted by molar-refractivity contribution is 5.96. The third-order valence-corrected chi connectivity index (χ3v) is 5.88. The molecule has 2 N–H and O–H groups in total. The van der Waals surface area contributed by atoms with E-state index in [4.69, 9.17) is 0 Å². The second-order valence-electron chi connectivity index (χ2n) is 7.93. The minimum atomic E-state index is -0.904. The molecule has 1 unspecified atom stereocenters. The molecule has 2 heterocycles. The summed E-state index contributed by atoms with van der Waals surface area (Å²) in [5, 5.41) is 13.1. The molecule has 1 saturated carbocycles. The van der Waals surface area contributed by atoms with E-state index in [0.717, 1.165) is 29.2 Å². The van der Waals surface area contributed by atoms with Crippen LogP contribution in [-0.2, 0) is 6.54 Å². The molecule has 0 bridgehead atoms. The first kappa shape index (κ1) is 17.7. The maximum absolute atomic E-state index is 11.5. The second kappa shape index (κ2) is 6.92. The predicted molar refractivity (Wildman–Crippen MR) is 114 cm³/mol. The molecule has 2 aliphatic rings. The number of carboxylic acid groups (broad SMARTS) is 1. The van der Waals surface area contributed by atoms with Gasteiger partial charge in [0, 0.05) is 12.7 Å². The first-order valence-electron chi connectivity index (χ1n) is 10.0. The van der Waals surface area contributed by atoms with Gasteiger partial charge in [0.1, 0.15) is 6.17 Å². The minimum absolute atomic E-state index is 0.297. The quantitative estimate of drug-likeness (QED) is 0.652. The number of aromatic nitrogens is 1. The van der Waals surface area contributed by atoms with Crippen LogP contribution in [0.4, 0.5) is 11.5 Å². The van der Waals surface area contributed by atoms with Gasteiger partial charge in [-0.05, 0) is 60.1 Å². The fraction of sp³-hybridized carbons (Fsp3) is 0.250. The molecule has 3 aromatic rings. The molecular formula is C24H23N3O2. The third-order valence-electron chi connectivity index (χ3n) is 5.88. The van der Waals surface area contributed by atoms with Crippen molar-refractivity contribution in [1.82, 2.24) is 4.98 Å². The molecule has 2 aromatic carbocycles. The molecule has 1 aromatic heterocycles. The van der Waals surface area contributed by atoms with E-state index in [1.165, 1.54) is 24.0 Å². The van der Waals surface area contributed by atoms with Crippen LogP contribution in [0.25, 0.3) is 11.1 Å². The number of pyridine rings is 1. The molecule has 146 valence electrons. The summed E-state index contributed by atoms with van der Waals surface area (Å²) in [6, 6.07) is 17.4. The Morgan fingerprint density at radius 1 is 1.14 bits per heavy atom. The van der Waals surface area contributed by atoms with Crippen molar-refractivity contribution in [2.45, 2.75) is 32.5 Å². The number of carbonyl (C=O) groups is 1. The SMILES string of the molecule is Cc1ccnc2c1NC(C1CC1)N2Cc1ccc(-c2ccccc2C(=O)O)cc1. The number of hydrogen-bond donors (Lipinski definition) is 2. The van der Waals surface area contributed by atoms with Crippen LogP contribution in [0.3, 0.4) is 0 Å². The number of carboxylic acids is 1. The molecule has 5 nitrogen and oxygen atoms in total. The Labute approximate surface area is 170 Å². The summed E-state index contributed by atoms with van der Waals surface area (Å²) >= 11 is 0. The molecule has 29 heavy (non-hydrogen) atoms. The van der Waals surface area contributed by atoms with Gasteiger partial charge in [-0.25, -0.2) is 9.78 Å². The number of aryl methyl sites for hydroxylation is 1. The maximum atomic E-state index is 11.5. The zero-order chi connectivity index (χ0) is 20.0. The number of nitrogens with one attached hydrogen (secondary N) is 1. The molecule has 0 saturated heterocycles. The average Bonchev–Trinajstić information content (AvgIpc) is 3.51. The molecule has 0 radical (unpaired) electrons. The van der Waals surface area contributed by atoms with Crippen LogP contribution in [0, 0.1) is 12.8 Å². The average molecular weight is 385 g/mol. The van der Waals surface area contributed by atoms with Crippen LogP contribution >= 0.6 is 0 Å². The minimum Gasteiger partial charge on any atom is -0.478 e. The Morgan fingerprint density at radius 3 is 2.62 bits per heavy atom. The smallest absolute Gasteiger partial charge is 0.336 e. The van der Waals surface area contributed by atoms with E-state index in [-0.39, 0.29) is 0 Å². The molecule has 1 atom stereocenters. The number of benzene rings is 2. The lowest BCUT2D eigenvalue weighted by atomic mass is 9.98. The molecule has 5 heteroatoms. The number of anilines is 2. The van der Waals surface area contributed by atoms with E-state index in [2.05, 4.69) is 34.3 Å². The molecule has 1 aliphatic heterocycles. The molecule has 1 aliphatic carbocycles. The van der Waals surface area contributed by atoms with Gasteiger partial charge >= 0.3 is 5.97 Å². The van der Waals surface area contributed by atoms with Gasteiger partial charge < -0.3 is 15.3 Å². The largest absolute Gasteiger partial charge is 0.478 e. The predicted octanol–water partition coefficient (Wildman–Crippen LogP) is 4.92. The lowest BCUT2D eigenvalue weighted by molar-refractivity contribution is 0.0697. The first-order valence-corrected chi connectivity index (χ1v) is 10.0. The molecule has 5 rings (SSSR count). The van der Waals surface area contributed by atoms with Crippen molar-refractivity contribution in [1.29, 1.82) is 0 Å². The molecule has 1 fully saturated rings. The lowest BCUT2D eigenvalue weighted by Gasteiger charge is -2.26. The summed E-state index contributed by atoms with van der Waals surface area (Å²) in [6.07, 6.45) is 4.69. The van der Waals surface area contributed by atoms with Gasteiger partial charge in [0.2, 0.25) is 0 Å². The number of rotatable bonds is 5. The highest BCUT2D eigenvalue weighted by Crippen LogP contribution is 2.45.